The van der Waals surface area contributed by atoms with Crippen molar-refractivity contribution in [3.05, 3.63) is 54.2 Å². The van der Waals surface area contributed by atoms with E-state index in [2.05, 4.69) is 31.1 Å². The molecule has 1 saturated heterocycles. The minimum Gasteiger partial charge on any atom is -0.495 e. The van der Waals surface area contributed by atoms with Gasteiger partial charge in [0.15, 0.2) is 11.0 Å². The van der Waals surface area contributed by atoms with Crippen molar-refractivity contribution in [3.8, 4) is 17.1 Å². The van der Waals surface area contributed by atoms with Crippen molar-refractivity contribution < 1.29 is 14.3 Å². The third-order valence-electron chi connectivity index (χ3n) is 5.92. The van der Waals surface area contributed by atoms with Gasteiger partial charge in [0.05, 0.1) is 31.2 Å². The zero-order chi connectivity index (χ0) is 23.5. The van der Waals surface area contributed by atoms with Gasteiger partial charge in [-0.1, -0.05) is 36.0 Å². The first kappa shape index (κ1) is 22.5. The molecule has 5 rings (SSSR count). The average Bonchev–Trinajstić information content (AvgIpc) is 3.58. The standard InChI is InChI=1S/C25H27N5O3S/c1-16-9-10-22(32-2)21(12-16)27-23(31)15-34-25-29-28-24(30(25)14-17-6-5-11-33-17)19-13-26-20-8-4-3-7-18(19)20/h3-4,7-10,12-13,17,26H,5-6,11,14-15H2,1-2H3,(H,27,31). The number of nitrogens with one attached hydrogen (secondary N) is 2. The lowest BCUT2D eigenvalue weighted by atomic mass is 10.1. The van der Waals surface area contributed by atoms with E-state index < -0.39 is 0 Å². The summed E-state index contributed by atoms with van der Waals surface area (Å²) >= 11 is 1.37. The number of thioether (sulfide) groups is 1. The molecule has 34 heavy (non-hydrogen) atoms. The van der Waals surface area contributed by atoms with Crippen molar-refractivity contribution in [1.29, 1.82) is 0 Å². The van der Waals surface area contributed by atoms with Gasteiger partial charge < -0.3 is 19.8 Å². The second-order valence-electron chi connectivity index (χ2n) is 8.34. The molecule has 0 saturated carbocycles. The number of hydrogen-bond donors (Lipinski definition) is 2. The summed E-state index contributed by atoms with van der Waals surface area (Å²) < 4.78 is 13.3. The summed E-state index contributed by atoms with van der Waals surface area (Å²) in [6, 6.07) is 13.8. The molecule has 1 aliphatic heterocycles. The van der Waals surface area contributed by atoms with Gasteiger partial charge in [-0.25, -0.2) is 0 Å². The molecule has 2 aromatic heterocycles. The van der Waals surface area contributed by atoms with Crippen molar-refractivity contribution in [2.24, 2.45) is 0 Å². The number of rotatable bonds is 8. The van der Waals surface area contributed by atoms with E-state index in [1.165, 1.54) is 11.8 Å². The van der Waals surface area contributed by atoms with Crippen LogP contribution in [0.4, 0.5) is 5.69 Å². The number of anilines is 1. The summed E-state index contributed by atoms with van der Waals surface area (Å²) in [6.45, 7) is 3.40. The van der Waals surface area contributed by atoms with Crippen LogP contribution in [0.15, 0.2) is 53.8 Å². The molecule has 0 bridgehead atoms. The van der Waals surface area contributed by atoms with Crippen LogP contribution < -0.4 is 10.1 Å². The number of nitrogens with zero attached hydrogens (tertiary/aromatic N) is 3. The minimum atomic E-state index is -0.130. The molecule has 3 heterocycles. The smallest absolute Gasteiger partial charge is 0.234 e. The fraction of sp³-hybridized carbons (Fsp3) is 0.320. The quantitative estimate of drug-likeness (QED) is 0.359. The van der Waals surface area contributed by atoms with Gasteiger partial charge in [-0.2, -0.15) is 0 Å². The molecule has 2 N–H and O–H groups in total. The van der Waals surface area contributed by atoms with Gasteiger partial charge in [-0.3, -0.25) is 9.36 Å². The largest absolute Gasteiger partial charge is 0.495 e. The highest BCUT2D eigenvalue weighted by Crippen LogP contribution is 2.31. The molecule has 1 aliphatic rings. The predicted octanol–water partition coefficient (Wildman–Crippen LogP) is 4.65. The molecule has 0 aliphatic carbocycles. The van der Waals surface area contributed by atoms with E-state index in [0.717, 1.165) is 47.3 Å². The van der Waals surface area contributed by atoms with Gasteiger partial charge in [-0.05, 0) is 43.5 Å². The Morgan fingerprint density at radius 2 is 2.18 bits per heavy atom. The topological polar surface area (TPSA) is 94.1 Å². The third-order valence-corrected chi connectivity index (χ3v) is 6.89. The predicted molar refractivity (Wildman–Crippen MR) is 133 cm³/mol. The summed E-state index contributed by atoms with van der Waals surface area (Å²) in [7, 11) is 1.59. The maximum Gasteiger partial charge on any atom is 0.234 e. The van der Waals surface area contributed by atoms with E-state index in [4.69, 9.17) is 9.47 Å². The number of aromatic amines is 1. The third kappa shape index (κ3) is 4.67. The number of fused-ring (bicyclic) bond motifs is 1. The Labute approximate surface area is 202 Å². The fourth-order valence-corrected chi connectivity index (χ4v) is 4.99. The number of H-pyrrole nitrogens is 1. The van der Waals surface area contributed by atoms with Crippen molar-refractivity contribution in [3.63, 3.8) is 0 Å². The van der Waals surface area contributed by atoms with Gasteiger partial charge >= 0.3 is 0 Å². The number of amides is 1. The van der Waals surface area contributed by atoms with E-state index >= 15 is 0 Å². The highest BCUT2D eigenvalue weighted by molar-refractivity contribution is 7.99. The molecule has 1 fully saturated rings. The first-order valence-electron chi connectivity index (χ1n) is 11.3. The van der Waals surface area contributed by atoms with Crippen LogP contribution >= 0.6 is 11.8 Å². The molecule has 2 aromatic carbocycles. The van der Waals surface area contributed by atoms with E-state index in [1.54, 1.807) is 7.11 Å². The maximum absolute atomic E-state index is 12.8. The number of benzene rings is 2. The SMILES string of the molecule is COc1ccc(C)cc1NC(=O)CSc1nnc(-c2c[nH]c3ccccc23)n1CC1CCCO1. The monoisotopic (exact) mass is 477 g/mol. The highest BCUT2D eigenvalue weighted by atomic mass is 32.2. The number of para-hydroxylation sites is 1. The zero-order valence-corrected chi connectivity index (χ0v) is 20.0. The summed E-state index contributed by atoms with van der Waals surface area (Å²) in [6.07, 6.45) is 4.14. The Balaban J connectivity index is 1.38. The second kappa shape index (κ2) is 9.90. The fourth-order valence-electron chi connectivity index (χ4n) is 4.24. The highest BCUT2D eigenvalue weighted by Gasteiger charge is 2.23. The van der Waals surface area contributed by atoms with Crippen LogP contribution in [0.1, 0.15) is 18.4 Å². The van der Waals surface area contributed by atoms with Crippen molar-refractivity contribution in [2.75, 3.05) is 24.8 Å². The average molecular weight is 478 g/mol. The van der Waals surface area contributed by atoms with E-state index in [1.807, 2.05) is 49.5 Å². The lowest BCUT2D eigenvalue weighted by Crippen LogP contribution is -2.18. The van der Waals surface area contributed by atoms with E-state index in [-0.39, 0.29) is 17.8 Å². The summed E-state index contributed by atoms with van der Waals surface area (Å²) in [5, 5.41) is 13.7. The Bertz CT molecular complexity index is 1310. The lowest BCUT2D eigenvalue weighted by molar-refractivity contribution is -0.113. The molecule has 1 amide bonds. The van der Waals surface area contributed by atoms with Gasteiger partial charge in [0.1, 0.15) is 5.75 Å². The first-order chi connectivity index (χ1) is 16.6. The van der Waals surface area contributed by atoms with Gasteiger partial charge in [0.2, 0.25) is 5.91 Å². The molecule has 8 nitrogen and oxygen atoms in total. The summed E-state index contributed by atoms with van der Waals surface area (Å²) in [5.74, 6) is 1.48. The van der Waals surface area contributed by atoms with Crippen LogP contribution in [0.2, 0.25) is 0 Å². The van der Waals surface area contributed by atoms with Crippen LogP contribution in [0.3, 0.4) is 0 Å². The lowest BCUT2D eigenvalue weighted by Gasteiger charge is -2.15. The first-order valence-corrected chi connectivity index (χ1v) is 12.3. The van der Waals surface area contributed by atoms with Gasteiger partial charge in [0, 0.05) is 29.3 Å². The number of aromatic nitrogens is 4. The van der Waals surface area contributed by atoms with Crippen LogP contribution in [0.5, 0.6) is 5.75 Å². The number of methoxy groups -OCH3 is 1. The molecule has 176 valence electrons. The normalized spacial score (nSPS) is 15.6. The number of hydrogen-bond acceptors (Lipinski definition) is 6. The van der Waals surface area contributed by atoms with E-state index in [9.17, 15) is 4.79 Å². The molecule has 9 heteroatoms. The van der Waals surface area contributed by atoms with Crippen LogP contribution in [-0.4, -0.2) is 51.2 Å². The Morgan fingerprint density at radius 3 is 3.00 bits per heavy atom. The van der Waals surface area contributed by atoms with E-state index in [0.29, 0.717) is 23.1 Å². The van der Waals surface area contributed by atoms with Crippen LogP contribution in [-0.2, 0) is 16.1 Å². The molecule has 4 aromatic rings. The van der Waals surface area contributed by atoms with Gasteiger partial charge in [-0.15, -0.1) is 10.2 Å². The number of carbonyl (C=O) groups is 1. The Morgan fingerprint density at radius 1 is 1.29 bits per heavy atom. The van der Waals surface area contributed by atoms with Crippen molar-refractivity contribution >= 4 is 34.3 Å². The number of carbonyl (C=O) groups excluding carboxylic acids is 1. The summed E-state index contributed by atoms with van der Waals surface area (Å²) in [5.41, 5.74) is 3.74. The minimum absolute atomic E-state index is 0.115. The molecule has 1 atom stereocenters. The molecule has 0 radical (unpaired) electrons. The van der Waals surface area contributed by atoms with Gasteiger partial charge in [0.25, 0.3) is 0 Å². The van der Waals surface area contributed by atoms with Crippen LogP contribution in [0.25, 0.3) is 22.3 Å². The number of ether oxygens (including phenoxy) is 2. The Kier molecular flexibility index (Phi) is 6.55. The zero-order valence-electron chi connectivity index (χ0n) is 19.2. The van der Waals surface area contributed by atoms with Crippen molar-refractivity contribution in [1.82, 2.24) is 19.7 Å². The van der Waals surface area contributed by atoms with Crippen LogP contribution in [0, 0.1) is 6.92 Å². The number of aryl methyl sites for hydroxylation is 1. The molecule has 0 spiro atoms. The van der Waals surface area contributed by atoms with Crippen molar-refractivity contribution in [2.45, 2.75) is 37.6 Å². The maximum atomic E-state index is 12.8. The molecular formula is C25H27N5O3S. The Hall–Kier alpha value is -3.30. The second-order valence-corrected chi connectivity index (χ2v) is 9.28. The summed E-state index contributed by atoms with van der Waals surface area (Å²) in [4.78, 5) is 16.1. The molecule has 1 unspecified atom stereocenters. The molecular weight excluding hydrogens is 450 g/mol.